The molecule has 0 aliphatic heterocycles. The maximum atomic E-state index is 10.9. The van der Waals surface area contributed by atoms with Gasteiger partial charge in [0.2, 0.25) is 0 Å². The van der Waals surface area contributed by atoms with Crippen LogP contribution in [0.15, 0.2) is 24.3 Å². The third-order valence-corrected chi connectivity index (χ3v) is 2.44. The van der Waals surface area contributed by atoms with Gasteiger partial charge >= 0.3 is 5.97 Å². The number of benzene rings is 1. The molecule has 1 atom stereocenters. The summed E-state index contributed by atoms with van der Waals surface area (Å²) in [6.07, 6.45) is 0. The fourth-order valence-electron chi connectivity index (χ4n) is 1.49. The molecule has 0 heterocycles. The van der Waals surface area contributed by atoms with Gasteiger partial charge < -0.3 is 10.1 Å². The number of nitrogens with one attached hydrogen (secondary N) is 1. The van der Waals surface area contributed by atoms with E-state index in [9.17, 15) is 4.79 Å². The molecule has 1 rings (SSSR count). The number of methoxy groups -OCH3 is 1. The van der Waals surface area contributed by atoms with Crippen LogP contribution in [0.5, 0.6) is 0 Å². The molecule has 0 radical (unpaired) electrons. The summed E-state index contributed by atoms with van der Waals surface area (Å²) in [5.41, 5.74) is 2.43. The van der Waals surface area contributed by atoms with Crippen LogP contribution in [0.2, 0.25) is 0 Å². The molecule has 1 aromatic carbocycles. The Morgan fingerprint density at radius 3 is 2.73 bits per heavy atom. The lowest BCUT2D eigenvalue weighted by Crippen LogP contribution is -2.27. The number of rotatable bonds is 4. The lowest BCUT2D eigenvalue weighted by Gasteiger charge is -2.15. The first kappa shape index (κ1) is 11.7. The molecule has 1 aromatic rings. The third kappa shape index (κ3) is 3.36. The summed E-state index contributed by atoms with van der Waals surface area (Å²) >= 11 is 0. The molecule has 1 N–H and O–H groups in total. The molecule has 0 spiro atoms. The van der Waals surface area contributed by atoms with Gasteiger partial charge in [-0.05, 0) is 25.0 Å². The van der Waals surface area contributed by atoms with Crippen molar-refractivity contribution in [3.05, 3.63) is 35.4 Å². The summed E-state index contributed by atoms with van der Waals surface area (Å²) in [6.45, 7) is 4.34. The molecule has 3 heteroatoms. The zero-order valence-electron chi connectivity index (χ0n) is 9.41. The van der Waals surface area contributed by atoms with Crippen molar-refractivity contribution in [3.63, 3.8) is 0 Å². The third-order valence-electron chi connectivity index (χ3n) is 2.44. The number of hydrogen-bond acceptors (Lipinski definition) is 3. The predicted molar refractivity (Wildman–Crippen MR) is 59.6 cm³/mol. The van der Waals surface area contributed by atoms with Crippen molar-refractivity contribution in [1.29, 1.82) is 0 Å². The first-order valence-electron chi connectivity index (χ1n) is 5.01. The molecule has 0 aliphatic carbocycles. The normalized spacial score (nSPS) is 12.2. The van der Waals surface area contributed by atoms with Gasteiger partial charge in [0.15, 0.2) is 0 Å². The van der Waals surface area contributed by atoms with Crippen molar-refractivity contribution < 1.29 is 9.53 Å². The Morgan fingerprint density at radius 1 is 1.47 bits per heavy atom. The minimum atomic E-state index is -0.240. The van der Waals surface area contributed by atoms with Gasteiger partial charge in [0.1, 0.15) is 0 Å². The van der Waals surface area contributed by atoms with Crippen molar-refractivity contribution in [1.82, 2.24) is 5.32 Å². The monoisotopic (exact) mass is 207 g/mol. The highest BCUT2D eigenvalue weighted by Gasteiger charge is 2.08. The minimum absolute atomic E-state index is 0.158. The topological polar surface area (TPSA) is 38.3 Å². The molecule has 0 saturated carbocycles. The lowest BCUT2D eigenvalue weighted by atomic mass is 10.0. The lowest BCUT2D eigenvalue weighted by molar-refractivity contribution is -0.139. The van der Waals surface area contributed by atoms with Crippen molar-refractivity contribution in [2.24, 2.45) is 0 Å². The maximum absolute atomic E-state index is 10.9. The average Bonchev–Trinajstić information content (AvgIpc) is 2.26. The fourth-order valence-corrected chi connectivity index (χ4v) is 1.49. The number of aryl methyl sites for hydroxylation is 1. The summed E-state index contributed by atoms with van der Waals surface area (Å²) in [5, 5.41) is 3.12. The highest BCUT2D eigenvalue weighted by atomic mass is 16.5. The molecular weight excluding hydrogens is 190 g/mol. The van der Waals surface area contributed by atoms with Gasteiger partial charge in [0, 0.05) is 6.04 Å². The fraction of sp³-hybridized carbons (Fsp3) is 0.417. The summed E-state index contributed by atoms with van der Waals surface area (Å²) in [5.74, 6) is -0.240. The van der Waals surface area contributed by atoms with Gasteiger partial charge in [-0.3, -0.25) is 4.79 Å². The molecule has 15 heavy (non-hydrogen) atoms. The number of carbonyl (C=O) groups is 1. The van der Waals surface area contributed by atoms with Gasteiger partial charge in [0.25, 0.3) is 0 Å². The molecule has 0 aromatic heterocycles. The van der Waals surface area contributed by atoms with E-state index in [0.29, 0.717) is 0 Å². The molecule has 0 unspecified atom stereocenters. The van der Waals surface area contributed by atoms with Crippen LogP contribution in [-0.4, -0.2) is 19.6 Å². The van der Waals surface area contributed by atoms with Crippen LogP contribution in [0.1, 0.15) is 24.1 Å². The predicted octanol–water partition coefficient (Wildman–Crippen LogP) is 1.82. The van der Waals surface area contributed by atoms with Gasteiger partial charge in [-0.1, -0.05) is 24.3 Å². The highest BCUT2D eigenvalue weighted by molar-refractivity contribution is 5.71. The number of hydrogen-bond donors (Lipinski definition) is 1. The van der Waals surface area contributed by atoms with Gasteiger partial charge in [0.05, 0.1) is 13.7 Å². The minimum Gasteiger partial charge on any atom is -0.468 e. The second kappa shape index (κ2) is 5.51. The van der Waals surface area contributed by atoms with E-state index in [-0.39, 0.29) is 18.6 Å². The molecular formula is C12H17NO2. The van der Waals surface area contributed by atoms with E-state index in [1.54, 1.807) is 0 Å². The second-order valence-corrected chi connectivity index (χ2v) is 3.54. The smallest absolute Gasteiger partial charge is 0.319 e. The number of ether oxygens (including phenoxy) is 1. The summed E-state index contributed by atoms with van der Waals surface area (Å²) in [6, 6.07) is 8.28. The van der Waals surface area contributed by atoms with E-state index in [2.05, 4.69) is 29.1 Å². The average molecular weight is 207 g/mol. The summed E-state index contributed by atoms with van der Waals surface area (Å²) < 4.78 is 4.57. The highest BCUT2D eigenvalue weighted by Crippen LogP contribution is 2.15. The first-order valence-corrected chi connectivity index (χ1v) is 5.01. The second-order valence-electron chi connectivity index (χ2n) is 3.54. The van der Waals surface area contributed by atoms with Crippen LogP contribution in [0.3, 0.4) is 0 Å². The van der Waals surface area contributed by atoms with Crippen LogP contribution < -0.4 is 5.32 Å². The quantitative estimate of drug-likeness (QED) is 0.765. The van der Waals surface area contributed by atoms with E-state index in [4.69, 9.17) is 0 Å². The molecule has 0 bridgehead atoms. The van der Waals surface area contributed by atoms with E-state index >= 15 is 0 Å². The van der Waals surface area contributed by atoms with E-state index in [1.165, 1.54) is 18.2 Å². The van der Waals surface area contributed by atoms with Crippen LogP contribution in [0.25, 0.3) is 0 Å². The molecule has 0 fully saturated rings. The molecule has 0 amide bonds. The van der Waals surface area contributed by atoms with Gasteiger partial charge in [-0.25, -0.2) is 0 Å². The summed E-state index contributed by atoms with van der Waals surface area (Å²) in [4.78, 5) is 10.9. The SMILES string of the molecule is COC(=O)CN[C@@H](C)c1ccccc1C. The Morgan fingerprint density at radius 2 is 2.13 bits per heavy atom. The van der Waals surface area contributed by atoms with E-state index in [1.807, 2.05) is 19.1 Å². The van der Waals surface area contributed by atoms with Crippen molar-refractivity contribution >= 4 is 5.97 Å². The maximum Gasteiger partial charge on any atom is 0.319 e. The van der Waals surface area contributed by atoms with Crippen molar-refractivity contribution in [2.75, 3.05) is 13.7 Å². The number of carbonyl (C=O) groups excluding carboxylic acids is 1. The number of esters is 1. The Labute approximate surface area is 90.4 Å². The van der Waals surface area contributed by atoms with Crippen LogP contribution in [0, 0.1) is 6.92 Å². The molecule has 82 valence electrons. The Hall–Kier alpha value is -1.35. The zero-order chi connectivity index (χ0) is 11.3. The van der Waals surface area contributed by atoms with Gasteiger partial charge in [-0.15, -0.1) is 0 Å². The molecule has 0 saturated heterocycles. The zero-order valence-corrected chi connectivity index (χ0v) is 9.41. The summed E-state index contributed by atoms with van der Waals surface area (Å²) in [7, 11) is 1.39. The van der Waals surface area contributed by atoms with Crippen molar-refractivity contribution in [2.45, 2.75) is 19.9 Å². The van der Waals surface area contributed by atoms with E-state index < -0.39 is 0 Å². The van der Waals surface area contributed by atoms with Crippen LogP contribution >= 0.6 is 0 Å². The van der Waals surface area contributed by atoms with Crippen LogP contribution in [0.4, 0.5) is 0 Å². The Bertz CT molecular complexity index is 336. The largest absolute Gasteiger partial charge is 0.468 e. The first-order chi connectivity index (χ1) is 7.15. The van der Waals surface area contributed by atoms with Gasteiger partial charge in [-0.2, -0.15) is 0 Å². The Balaban J connectivity index is 2.57. The molecule has 3 nitrogen and oxygen atoms in total. The molecule has 0 aliphatic rings. The standard InChI is InChI=1S/C12H17NO2/c1-9-6-4-5-7-11(9)10(2)13-8-12(14)15-3/h4-7,10,13H,8H2,1-3H3/t10-/m0/s1. The Kier molecular flexibility index (Phi) is 4.31. The van der Waals surface area contributed by atoms with Crippen LogP contribution in [-0.2, 0) is 9.53 Å². The van der Waals surface area contributed by atoms with E-state index in [0.717, 1.165) is 0 Å². The van der Waals surface area contributed by atoms with Crippen molar-refractivity contribution in [3.8, 4) is 0 Å².